The van der Waals surface area contributed by atoms with Gasteiger partial charge in [0.1, 0.15) is 11.2 Å². The molecule has 0 radical (unpaired) electrons. The lowest BCUT2D eigenvalue weighted by Crippen LogP contribution is -2.51. The number of benzene rings is 1. The molecule has 0 bridgehead atoms. The summed E-state index contributed by atoms with van der Waals surface area (Å²) in [6, 6.07) is 0.980. The monoisotopic (exact) mass is 484 g/mol. The Morgan fingerprint density at radius 1 is 1.34 bits per heavy atom. The van der Waals surface area contributed by atoms with Gasteiger partial charge in [0.15, 0.2) is 17.5 Å². The van der Waals surface area contributed by atoms with E-state index in [0.717, 1.165) is 24.1 Å². The molecular weight excluding hydrogens is 454 g/mol. The predicted molar refractivity (Wildman–Crippen MR) is 127 cm³/mol. The van der Waals surface area contributed by atoms with Crippen molar-refractivity contribution in [2.24, 2.45) is 11.3 Å². The van der Waals surface area contributed by atoms with E-state index in [0.29, 0.717) is 49.2 Å². The third kappa shape index (κ3) is 3.57. The van der Waals surface area contributed by atoms with Gasteiger partial charge in [-0.1, -0.05) is 6.92 Å². The van der Waals surface area contributed by atoms with Crippen LogP contribution in [-0.4, -0.2) is 69.9 Å². The Labute approximate surface area is 202 Å². The van der Waals surface area contributed by atoms with Gasteiger partial charge in [-0.3, -0.25) is 14.8 Å². The molecule has 10 heteroatoms. The minimum absolute atomic E-state index is 0.0187. The highest BCUT2D eigenvalue weighted by Gasteiger charge is 2.53. The van der Waals surface area contributed by atoms with Gasteiger partial charge in [-0.25, -0.2) is 13.8 Å². The van der Waals surface area contributed by atoms with Crippen LogP contribution in [0, 0.1) is 23.0 Å². The maximum absolute atomic E-state index is 15.3. The van der Waals surface area contributed by atoms with Crippen molar-refractivity contribution < 1.29 is 18.3 Å². The van der Waals surface area contributed by atoms with Gasteiger partial charge in [-0.05, 0) is 50.5 Å². The third-order valence-corrected chi connectivity index (χ3v) is 8.21. The highest BCUT2D eigenvalue weighted by molar-refractivity contribution is 5.99. The van der Waals surface area contributed by atoms with Crippen LogP contribution in [0.4, 0.5) is 14.5 Å². The second kappa shape index (κ2) is 8.09. The topological polar surface area (TPSA) is 90.1 Å². The van der Waals surface area contributed by atoms with Crippen LogP contribution in [0.3, 0.4) is 0 Å². The zero-order valence-electron chi connectivity index (χ0n) is 20.3. The summed E-state index contributed by atoms with van der Waals surface area (Å²) >= 11 is 0. The molecule has 2 aromatic heterocycles. The molecule has 3 aliphatic rings. The van der Waals surface area contributed by atoms with Crippen molar-refractivity contribution in [2.75, 3.05) is 37.7 Å². The lowest BCUT2D eigenvalue weighted by Gasteiger charge is -2.34. The number of aromatic nitrogens is 4. The molecule has 6 rings (SSSR count). The van der Waals surface area contributed by atoms with E-state index in [2.05, 4.69) is 27.1 Å². The molecule has 1 amide bonds. The van der Waals surface area contributed by atoms with E-state index >= 15 is 8.78 Å². The number of hydrogen-bond acceptors (Lipinski definition) is 5. The molecule has 2 fully saturated rings. The smallest absolute Gasteiger partial charge is 0.244 e. The van der Waals surface area contributed by atoms with E-state index < -0.39 is 17.7 Å². The summed E-state index contributed by atoms with van der Waals surface area (Å²) in [5.41, 5.74) is 3.37. The summed E-state index contributed by atoms with van der Waals surface area (Å²) in [6.07, 6.45) is 3.05. The fraction of sp³-hybridized carbons (Fsp3) is 0.560. The van der Waals surface area contributed by atoms with E-state index in [1.54, 1.807) is 13.8 Å². The van der Waals surface area contributed by atoms with Gasteiger partial charge >= 0.3 is 0 Å². The second-order valence-corrected chi connectivity index (χ2v) is 10.4. The number of H-pyrrole nitrogens is 2. The maximum atomic E-state index is 15.3. The molecule has 1 unspecified atom stereocenters. The van der Waals surface area contributed by atoms with Crippen LogP contribution < -0.4 is 4.90 Å². The molecule has 1 saturated carbocycles. The maximum Gasteiger partial charge on any atom is 0.244 e. The number of nitrogens with zero attached hydrogens (tertiary/aromatic N) is 4. The number of ether oxygens (including phenoxy) is 1. The SMILES string of the molecule is CCN(C(=O)C(C)N1CCOCC1)c1cc2nc(-c3n[nH]c4c3C[C@@H]3C[C@]3(C)C4)[nH]c2c(F)c1F. The number of amides is 1. The molecule has 8 nitrogen and oxygen atoms in total. The largest absolute Gasteiger partial charge is 0.379 e. The van der Waals surface area contributed by atoms with E-state index in [1.165, 1.54) is 17.4 Å². The average Bonchev–Trinajstić information content (AvgIpc) is 3.15. The standard InChI is InChI=1S/C25H30F2N6O2/c1-4-33(24(34)13(2)32-5-7-35-8-6-32)18-10-16-22(20(27)19(18)26)29-23(28-16)21-15-9-14-11-25(14,3)12-17(15)30-31-21/h10,13-14H,4-9,11-12H2,1-3H3,(H,28,29)(H,30,31)/t13?,14-,25-/m1/s1. The number of hydrogen-bond donors (Lipinski definition) is 2. The quantitative estimate of drug-likeness (QED) is 0.579. The van der Waals surface area contributed by atoms with E-state index in [1.807, 2.05) is 4.90 Å². The van der Waals surface area contributed by atoms with Gasteiger partial charge in [0, 0.05) is 30.9 Å². The molecule has 2 aliphatic carbocycles. The number of carbonyl (C=O) groups is 1. The van der Waals surface area contributed by atoms with Crippen molar-refractivity contribution in [1.29, 1.82) is 0 Å². The molecule has 186 valence electrons. The van der Waals surface area contributed by atoms with E-state index in [4.69, 9.17) is 4.74 Å². The molecule has 3 heterocycles. The molecule has 0 spiro atoms. The second-order valence-electron chi connectivity index (χ2n) is 10.4. The van der Waals surface area contributed by atoms with Crippen molar-refractivity contribution in [3.8, 4) is 11.5 Å². The Hall–Kier alpha value is -2.85. The fourth-order valence-electron chi connectivity index (χ4n) is 5.83. The van der Waals surface area contributed by atoms with Crippen LogP contribution in [-0.2, 0) is 22.4 Å². The number of anilines is 1. The fourth-order valence-corrected chi connectivity index (χ4v) is 5.83. The molecule has 35 heavy (non-hydrogen) atoms. The first-order valence-electron chi connectivity index (χ1n) is 12.4. The van der Waals surface area contributed by atoms with Gasteiger partial charge in [0.2, 0.25) is 5.91 Å². The van der Waals surface area contributed by atoms with Crippen molar-refractivity contribution in [2.45, 2.75) is 46.1 Å². The predicted octanol–water partition coefficient (Wildman–Crippen LogP) is 3.43. The average molecular weight is 485 g/mol. The highest BCUT2D eigenvalue weighted by Crippen LogP contribution is 2.59. The summed E-state index contributed by atoms with van der Waals surface area (Å²) in [7, 11) is 0. The Morgan fingerprint density at radius 2 is 2.11 bits per heavy atom. The molecule has 3 atom stereocenters. The molecule has 1 saturated heterocycles. The lowest BCUT2D eigenvalue weighted by atomic mass is 9.88. The molecular formula is C25H30F2N6O2. The van der Waals surface area contributed by atoms with E-state index in [9.17, 15) is 4.79 Å². The number of morpholine rings is 1. The first-order chi connectivity index (χ1) is 16.8. The van der Waals surface area contributed by atoms with Crippen molar-refractivity contribution >= 4 is 22.6 Å². The normalized spacial score (nSPS) is 24.8. The summed E-state index contributed by atoms with van der Waals surface area (Å²) in [4.78, 5) is 24.1. The lowest BCUT2D eigenvalue weighted by molar-refractivity contribution is -0.124. The minimum atomic E-state index is -1.06. The molecule has 3 aromatic rings. The number of aromatic amines is 2. The number of nitrogens with one attached hydrogen (secondary N) is 2. The van der Waals surface area contributed by atoms with Crippen LogP contribution in [0.2, 0.25) is 0 Å². The van der Waals surface area contributed by atoms with Gasteiger partial charge < -0.3 is 14.6 Å². The van der Waals surface area contributed by atoms with Gasteiger partial charge in [-0.2, -0.15) is 5.10 Å². The highest BCUT2D eigenvalue weighted by atomic mass is 19.2. The van der Waals surface area contributed by atoms with Crippen LogP contribution in [0.15, 0.2) is 6.07 Å². The number of halogens is 2. The molecule has 1 aromatic carbocycles. The molecule has 1 aliphatic heterocycles. The van der Waals surface area contributed by atoms with Gasteiger partial charge in [0.05, 0.1) is 30.5 Å². The first-order valence-corrected chi connectivity index (χ1v) is 12.4. The summed E-state index contributed by atoms with van der Waals surface area (Å²) in [6.45, 7) is 8.39. The van der Waals surface area contributed by atoms with Gasteiger partial charge in [-0.15, -0.1) is 0 Å². The Bertz CT molecular complexity index is 1310. The van der Waals surface area contributed by atoms with Crippen LogP contribution >= 0.6 is 0 Å². The summed E-state index contributed by atoms with van der Waals surface area (Å²) < 4.78 is 35.9. The van der Waals surface area contributed by atoms with Crippen LogP contribution in [0.1, 0.15) is 38.4 Å². The summed E-state index contributed by atoms with van der Waals surface area (Å²) in [5.74, 6) is -1.34. The van der Waals surface area contributed by atoms with E-state index in [-0.39, 0.29) is 29.2 Å². The van der Waals surface area contributed by atoms with Crippen LogP contribution in [0.5, 0.6) is 0 Å². The van der Waals surface area contributed by atoms with Gasteiger partial charge in [0.25, 0.3) is 0 Å². The zero-order chi connectivity index (χ0) is 24.5. The molecule has 2 N–H and O–H groups in total. The Kier molecular flexibility index (Phi) is 5.23. The third-order valence-electron chi connectivity index (χ3n) is 8.21. The first kappa shape index (κ1) is 22.6. The number of carbonyl (C=O) groups excluding carboxylic acids is 1. The van der Waals surface area contributed by atoms with Crippen molar-refractivity contribution in [3.05, 3.63) is 29.0 Å². The number of fused-ring (bicyclic) bond motifs is 3. The zero-order valence-corrected chi connectivity index (χ0v) is 20.3. The number of rotatable bonds is 5. The minimum Gasteiger partial charge on any atom is -0.379 e. The van der Waals surface area contributed by atoms with Crippen molar-refractivity contribution in [1.82, 2.24) is 25.1 Å². The summed E-state index contributed by atoms with van der Waals surface area (Å²) in [5, 5.41) is 7.59. The number of likely N-dealkylation sites (N-methyl/N-ethyl adjacent to an activating group) is 1. The number of imidazole rings is 1. The van der Waals surface area contributed by atoms with Crippen LogP contribution in [0.25, 0.3) is 22.6 Å². The van der Waals surface area contributed by atoms with Crippen molar-refractivity contribution in [3.63, 3.8) is 0 Å². The Balaban J connectivity index is 1.35. The Morgan fingerprint density at radius 3 is 2.86 bits per heavy atom.